The molecule has 2 aromatic carbocycles. The molecule has 0 saturated heterocycles. The number of carbonyl (C=O) groups excluding carboxylic acids is 2. The first-order valence-corrected chi connectivity index (χ1v) is 10.1. The third-order valence-corrected chi connectivity index (χ3v) is 4.40. The van der Waals surface area contributed by atoms with Gasteiger partial charge in [0.25, 0.3) is 0 Å². The Morgan fingerprint density at radius 2 is 1.46 bits per heavy atom. The highest BCUT2D eigenvalue weighted by Gasteiger charge is 2.11. The molecular formula is C24H30O4. The highest BCUT2D eigenvalue weighted by Crippen LogP contribution is 2.29. The van der Waals surface area contributed by atoms with Gasteiger partial charge in [0.1, 0.15) is 5.75 Å². The zero-order valence-electron chi connectivity index (χ0n) is 16.9. The minimum atomic E-state index is -0.284. The quantitative estimate of drug-likeness (QED) is 0.280. The maximum atomic E-state index is 12.2. The average Bonchev–Trinajstić information content (AvgIpc) is 2.69. The van der Waals surface area contributed by atoms with E-state index in [0.29, 0.717) is 37.5 Å². The standard InChI is InChI=1S/C24H30O4/c1-19(2)11-10-18-27-23(25)16-8-9-17-24(26)28-22-15-7-6-14-21(22)20-12-4-3-5-13-20/h3-7,12-15,19H,8-11,16-18H2,1-2H3. The van der Waals surface area contributed by atoms with Gasteiger partial charge >= 0.3 is 11.9 Å². The van der Waals surface area contributed by atoms with Gasteiger partial charge in [-0.2, -0.15) is 0 Å². The number of benzene rings is 2. The number of hydrogen-bond acceptors (Lipinski definition) is 4. The topological polar surface area (TPSA) is 52.6 Å². The molecular weight excluding hydrogens is 352 g/mol. The van der Waals surface area contributed by atoms with Gasteiger partial charge < -0.3 is 9.47 Å². The van der Waals surface area contributed by atoms with E-state index in [9.17, 15) is 9.59 Å². The summed E-state index contributed by atoms with van der Waals surface area (Å²) in [4.78, 5) is 23.9. The molecule has 0 atom stereocenters. The highest BCUT2D eigenvalue weighted by atomic mass is 16.5. The smallest absolute Gasteiger partial charge is 0.311 e. The molecule has 0 heterocycles. The summed E-state index contributed by atoms with van der Waals surface area (Å²) in [6, 6.07) is 17.3. The van der Waals surface area contributed by atoms with Crippen LogP contribution in [0, 0.1) is 5.92 Å². The lowest BCUT2D eigenvalue weighted by Gasteiger charge is -2.10. The first kappa shape index (κ1) is 21.7. The molecule has 0 amide bonds. The van der Waals surface area contributed by atoms with Gasteiger partial charge in [-0.15, -0.1) is 0 Å². The molecule has 0 fully saturated rings. The summed E-state index contributed by atoms with van der Waals surface area (Å²) in [7, 11) is 0. The Bertz CT molecular complexity index is 737. The summed E-state index contributed by atoms with van der Waals surface area (Å²) < 4.78 is 10.8. The Kier molecular flexibility index (Phi) is 9.26. The number of ether oxygens (including phenoxy) is 2. The van der Waals surface area contributed by atoms with Crippen molar-refractivity contribution in [3.8, 4) is 16.9 Å². The minimum Gasteiger partial charge on any atom is -0.466 e. The second kappa shape index (κ2) is 12.0. The molecule has 0 aliphatic carbocycles. The van der Waals surface area contributed by atoms with Crippen molar-refractivity contribution in [3.63, 3.8) is 0 Å². The van der Waals surface area contributed by atoms with Crippen molar-refractivity contribution in [2.45, 2.75) is 52.4 Å². The van der Waals surface area contributed by atoms with Crippen LogP contribution in [-0.4, -0.2) is 18.5 Å². The first-order chi connectivity index (χ1) is 13.6. The van der Waals surface area contributed by atoms with E-state index < -0.39 is 0 Å². The van der Waals surface area contributed by atoms with Gasteiger partial charge in [-0.05, 0) is 43.2 Å². The lowest BCUT2D eigenvalue weighted by atomic mass is 10.0. The van der Waals surface area contributed by atoms with Gasteiger partial charge in [0.05, 0.1) is 6.61 Å². The van der Waals surface area contributed by atoms with Crippen LogP contribution in [-0.2, 0) is 14.3 Å². The normalized spacial score (nSPS) is 10.7. The van der Waals surface area contributed by atoms with Gasteiger partial charge in [0.2, 0.25) is 0 Å². The molecule has 4 nitrogen and oxygen atoms in total. The van der Waals surface area contributed by atoms with Crippen molar-refractivity contribution >= 4 is 11.9 Å². The number of carbonyl (C=O) groups is 2. The molecule has 28 heavy (non-hydrogen) atoms. The molecule has 0 unspecified atom stereocenters. The first-order valence-electron chi connectivity index (χ1n) is 10.1. The van der Waals surface area contributed by atoms with Crippen LogP contribution < -0.4 is 4.74 Å². The van der Waals surface area contributed by atoms with Crippen LogP contribution in [0.15, 0.2) is 54.6 Å². The van der Waals surface area contributed by atoms with Crippen molar-refractivity contribution in [1.29, 1.82) is 0 Å². The summed E-state index contributed by atoms with van der Waals surface area (Å²) in [6.45, 7) is 4.79. The molecule has 150 valence electrons. The molecule has 0 spiro atoms. The summed E-state index contributed by atoms with van der Waals surface area (Å²) in [6.07, 6.45) is 3.81. The third kappa shape index (κ3) is 7.95. The second-order valence-electron chi connectivity index (χ2n) is 7.30. The molecule has 0 radical (unpaired) electrons. The molecule has 0 aromatic heterocycles. The fraction of sp³-hybridized carbons (Fsp3) is 0.417. The largest absolute Gasteiger partial charge is 0.466 e. The Labute approximate surface area is 167 Å². The molecule has 4 heteroatoms. The number of para-hydroxylation sites is 1. The van der Waals surface area contributed by atoms with E-state index >= 15 is 0 Å². The van der Waals surface area contributed by atoms with E-state index in [2.05, 4.69) is 13.8 Å². The average molecular weight is 382 g/mol. The van der Waals surface area contributed by atoms with Gasteiger partial charge in [-0.1, -0.05) is 62.4 Å². The van der Waals surface area contributed by atoms with Crippen LogP contribution in [0.3, 0.4) is 0 Å². The van der Waals surface area contributed by atoms with E-state index in [4.69, 9.17) is 9.47 Å². The van der Waals surface area contributed by atoms with Gasteiger partial charge in [0.15, 0.2) is 0 Å². The molecule has 2 aromatic rings. The molecule has 0 bridgehead atoms. The monoisotopic (exact) mass is 382 g/mol. The van der Waals surface area contributed by atoms with Crippen molar-refractivity contribution in [2.24, 2.45) is 5.92 Å². The van der Waals surface area contributed by atoms with Crippen LogP contribution in [0.25, 0.3) is 11.1 Å². The summed E-state index contributed by atoms with van der Waals surface area (Å²) in [5, 5.41) is 0. The van der Waals surface area contributed by atoms with E-state index in [0.717, 1.165) is 24.0 Å². The number of esters is 2. The van der Waals surface area contributed by atoms with Gasteiger partial charge in [-0.3, -0.25) is 9.59 Å². The third-order valence-electron chi connectivity index (χ3n) is 4.40. The van der Waals surface area contributed by atoms with Crippen LogP contribution in [0.4, 0.5) is 0 Å². The van der Waals surface area contributed by atoms with Gasteiger partial charge in [0, 0.05) is 18.4 Å². The molecule has 0 aliphatic rings. The predicted molar refractivity (Wildman–Crippen MR) is 111 cm³/mol. The predicted octanol–water partition coefficient (Wildman–Crippen LogP) is 5.80. The van der Waals surface area contributed by atoms with E-state index in [1.807, 2.05) is 48.5 Å². The Morgan fingerprint density at radius 3 is 2.18 bits per heavy atom. The lowest BCUT2D eigenvalue weighted by Crippen LogP contribution is -2.10. The zero-order valence-corrected chi connectivity index (χ0v) is 16.9. The maximum absolute atomic E-state index is 12.2. The molecule has 2 rings (SSSR count). The highest BCUT2D eigenvalue weighted by molar-refractivity contribution is 5.78. The van der Waals surface area contributed by atoms with Crippen LogP contribution in [0.2, 0.25) is 0 Å². The second-order valence-corrected chi connectivity index (χ2v) is 7.30. The number of hydrogen-bond donors (Lipinski definition) is 0. The SMILES string of the molecule is CC(C)CCCOC(=O)CCCCC(=O)Oc1ccccc1-c1ccccc1. The summed E-state index contributed by atoms with van der Waals surface area (Å²) in [5.41, 5.74) is 1.90. The Balaban J connectivity index is 1.70. The fourth-order valence-electron chi connectivity index (χ4n) is 2.87. The van der Waals surface area contributed by atoms with Crippen molar-refractivity contribution < 1.29 is 19.1 Å². The Hall–Kier alpha value is -2.62. The number of unbranched alkanes of at least 4 members (excludes halogenated alkanes) is 1. The van der Waals surface area contributed by atoms with Crippen molar-refractivity contribution in [1.82, 2.24) is 0 Å². The Morgan fingerprint density at radius 1 is 0.821 bits per heavy atom. The lowest BCUT2D eigenvalue weighted by molar-refractivity contribution is -0.144. The van der Waals surface area contributed by atoms with E-state index in [1.165, 1.54) is 0 Å². The van der Waals surface area contributed by atoms with Crippen LogP contribution in [0.1, 0.15) is 52.4 Å². The number of rotatable bonds is 11. The van der Waals surface area contributed by atoms with E-state index in [-0.39, 0.29) is 18.4 Å². The maximum Gasteiger partial charge on any atom is 0.311 e. The van der Waals surface area contributed by atoms with Crippen LogP contribution >= 0.6 is 0 Å². The van der Waals surface area contributed by atoms with Crippen molar-refractivity contribution in [2.75, 3.05) is 6.61 Å². The summed E-state index contributed by atoms with van der Waals surface area (Å²) in [5.74, 6) is 0.709. The minimum absolute atomic E-state index is 0.188. The fourth-order valence-corrected chi connectivity index (χ4v) is 2.87. The van der Waals surface area contributed by atoms with Gasteiger partial charge in [-0.25, -0.2) is 0 Å². The molecule has 0 aliphatic heterocycles. The molecule has 0 N–H and O–H groups in total. The summed E-state index contributed by atoms with van der Waals surface area (Å²) >= 11 is 0. The van der Waals surface area contributed by atoms with Crippen molar-refractivity contribution in [3.05, 3.63) is 54.6 Å². The molecule has 0 saturated carbocycles. The van der Waals surface area contributed by atoms with Crippen LogP contribution in [0.5, 0.6) is 5.75 Å². The van der Waals surface area contributed by atoms with E-state index in [1.54, 1.807) is 6.07 Å². The zero-order chi connectivity index (χ0) is 20.2.